The Labute approximate surface area is 178 Å². The number of aromatic carboxylic acids is 1. The van der Waals surface area contributed by atoms with Gasteiger partial charge >= 0.3 is 5.97 Å². The second kappa shape index (κ2) is 9.09. The summed E-state index contributed by atoms with van der Waals surface area (Å²) >= 11 is 0. The Balaban J connectivity index is 1.44. The molecule has 1 aliphatic rings. The first-order chi connectivity index (χ1) is 15.0. The van der Waals surface area contributed by atoms with E-state index < -0.39 is 5.97 Å². The van der Waals surface area contributed by atoms with Crippen LogP contribution in [0.5, 0.6) is 5.75 Å². The van der Waals surface area contributed by atoms with Gasteiger partial charge in [0.25, 0.3) is 0 Å². The molecule has 2 N–H and O–H groups in total. The van der Waals surface area contributed by atoms with E-state index in [1.54, 1.807) is 24.3 Å². The Morgan fingerprint density at radius 1 is 1.16 bits per heavy atom. The topological polar surface area (TPSA) is 99.7 Å². The maximum atomic E-state index is 13.1. The molecular formula is C23H22FN3O4. The molecule has 160 valence electrons. The minimum absolute atomic E-state index is 0.0580. The maximum absolute atomic E-state index is 13.1. The molecule has 1 aromatic heterocycles. The Kier molecular flexibility index (Phi) is 6.08. The highest BCUT2D eigenvalue weighted by Crippen LogP contribution is 2.22. The van der Waals surface area contributed by atoms with Gasteiger partial charge in [-0.1, -0.05) is 5.16 Å². The van der Waals surface area contributed by atoms with Gasteiger partial charge in [0.15, 0.2) is 5.76 Å². The minimum atomic E-state index is -1.03. The van der Waals surface area contributed by atoms with Crippen molar-refractivity contribution >= 4 is 11.7 Å². The summed E-state index contributed by atoms with van der Waals surface area (Å²) in [6, 6.07) is 12.3. The van der Waals surface area contributed by atoms with Crippen LogP contribution in [0.3, 0.4) is 0 Å². The summed E-state index contributed by atoms with van der Waals surface area (Å²) < 4.78 is 24.0. The maximum Gasteiger partial charge on any atom is 0.335 e. The second-order valence-corrected chi connectivity index (χ2v) is 7.50. The fourth-order valence-electron chi connectivity index (χ4n) is 3.56. The first-order valence-corrected chi connectivity index (χ1v) is 10.0. The zero-order valence-electron chi connectivity index (χ0n) is 16.8. The standard InChI is InChI=1S/C23H22FN3O4/c24-18-5-3-16(4-6-18)21-12-22(31-26-21)20(25)14-30-19-10-15(9-17(11-19)23(28)29)13-27-7-1-2-8-27/h3-6,9-12,25H,1-2,7-8,13-14H2,(H,28,29). The SMILES string of the molecule is N=C(COc1cc(CN2CCCC2)cc(C(=O)O)c1)c1cc(-c2ccc(F)cc2)no1. The monoisotopic (exact) mass is 423 g/mol. The molecule has 8 heteroatoms. The van der Waals surface area contributed by atoms with E-state index in [1.807, 2.05) is 6.07 Å². The molecule has 0 aliphatic carbocycles. The molecular weight excluding hydrogens is 401 g/mol. The minimum Gasteiger partial charge on any atom is -0.487 e. The molecule has 4 rings (SSSR count). The molecule has 3 aromatic rings. The number of hydrogen-bond acceptors (Lipinski definition) is 6. The number of likely N-dealkylation sites (tertiary alicyclic amines) is 1. The van der Waals surface area contributed by atoms with E-state index in [1.165, 1.54) is 18.2 Å². The van der Waals surface area contributed by atoms with Gasteiger partial charge < -0.3 is 14.4 Å². The number of halogens is 1. The number of ether oxygens (including phenoxy) is 1. The molecule has 2 heterocycles. The number of nitrogens with one attached hydrogen (secondary N) is 1. The van der Waals surface area contributed by atoms with Crippen LogP contribution < -0.4 is 4.74 Å². The van der Waals surface area contributed by atoms with Gasteiger partial charge in [0.2, 0.25) is 0 Å². The fourth-order valence-corrected chi connectivity index (χ4v) is 3.56. The van der Waals surface area contributed by atoms with Crippen LogP contribution in [0, 0.1) is 11.2 Å². The van der Waals surface area contributed by atoms with Crippen LogP contribution in [0.4, 0.5) is 4.39 Å². The molecule has 0 amide bonds. The quantitative estimate of drug-likeness (QED) is 0.526. The number of carboxylic acids is 1. The van der Waals surface area contributed by atoms with Crippen molar-refractivity contribution in [3.8, 4) is 17.0 Å². The lowest BCUT2D eigenvalue weighted by atomic mass is 10.1. The number of aromatic nitrogens is 1. The van der Waals surface area contributed by atoms with Gasteiger partial charge in [-0.3, -0.25) is 10.3 Å². The molecule has 0 radical (unpaired) electrons. The average molecular weight is 423 g/mol. The van der Waals surface area contributed by atoms with Gasteiger partial charge in [-0.15, -0.1) is 0 Å². The summed E-state index contributed by atoms with van der Waals surface area (Å²) in [4.78, 5) is 13.8. The fraction of sp³-hybridized carbons (Fsp3) is 0.261. The number of benzene rings is 2. The number of carboxylic acid groups (broad SMARTS) is 1. The van der Waals surface area contributed by atoms with Crippen molar-refractivity contribution in [1.29, 1.82) is 5.41 Å². The molecule has 0 atom stereocenters. The van der Waals surface area contributed by atoms with Crippen LogP contribution in [0.2, 0.25) is 0 Å². The van der Waals surface area contributed by atoms with Gasteiger partial charge in [0.1, 0.15) is 29.6 Å². The van der Waals surface area contributed by atoms with E-state index in [-0.39, 0.29) is 29.5 Å². The third kappa shape index (κ3) is 5.16. The van der Waals surface area contributed by atoms with E-state index >= 15 is 0 Å². The van der Waals surface area contributed by atoms with Crippen molar-refractivity contribution in [2.24, 2.45) is 0 Å². The Morgan fingerprint density at radius 2 is 1.90 bits per heavy atom. The average Bonchev–Trinajstić information content (AvgIpc) is 3.45. The number of carbonyl (C=O) groups is 1. The van der Waals surface area contributed by atoms with Crippen LogP contribution >= 0.6 is 0 Å². The second-order valence-electron chi connectivity index (χ2n) is 7.50. The summed E-state index contributed by atoms with van der Waals surface area (Å²) in [5.41, 5.74) is 2.23. The molecule has 2 aromatic carbocycles. The van der Waals surface area contributed by atoms with Crippen LogP contribution in [0.15, 0.2) is 53.1 Å². The zero-order valence-corrected chi connectivity index (χ0v) is 16.8. The lowest BCUT2D eigenvalue weighted by molar-refractivity contribution is 0.0696. The number of nitrogens with zero attached hydrogens (tertiary/aromatic N) is 2. The predicted octanol–water partition coefficient (Wildman–Crippen LogP) is 4.22. The van der Waals surface area contributed by atoms with Crippen molar-refractivity contribution in [2.45, 2.75) is 19.4 Å². The lowest BCUT2D eigenvalue weighted by Gasteiger charge is -2.16. The predicted molar refractivity (Wildman–Crippen MR) is 112 cm³/mol. The van der Waals surface area contributed by atoms with E-state index in [0.717, 1.165) is 31.5 Å². The van der Waals surface area contributed by atoms with Crippen molar-refractivity contribution in [3.05, 3.63) is 71.2 Å². The van der Waals surface area contributed by atoms with Gasteiger partial charge in [-0.25, -0.2) is 9.18 Å². The first kappa shape index (κ1) is 20.7. The van der Waals surface area contributed by atoms with Crippen molar-refractivity contribution in [2.75, 3.05) is 19.7 Å². The highest BCUT2D eigenvalue weighted by atomic mass is 19.1. The molecule has 0 unspecified atom stereocenters. The summed E-state index contributed by atoms with van der Waals surface area (Å²) in [6.07, 6.45) is 2.30. The van der Waals surface area contributed by atoms with Gasteiger partial charge in [0.05, 0.1) is 5.56 Å². The van der Waals surface area contributed by atoms with Crippen LogP contribution in [-0.2, 0) is 6.54 Å². The van der Waals surface area contributed by atoms with Crippen molar-refractivity contribution in [1.82, 2.24) is 10.1 Å². The van der Waals surface area contributed by atoms with E-state index in [0.29, 0.717) is 23.6 Å². The number of hydrogen-bond donors (Lipinski definition) is 2. The van der Waals surface area contributed by atoms with Gasteiger partial charge in [-0.2, -0.15) is 0 Å². The summed E-state index contributed by atoms with van der Waals surface area (Å²) in [6.45, 7) is 2.56. The highest BCUT2D eigenvalue weighted by molar-refractivity contribution is 5.97. The van der Waals surface area contributed by atoms with Gasteiger partial charge in [-0.05, 0) is 74.0 Å². The molecule has 1 fully saturated rings. The third-order valence-corrected chi connectivity index (χ3v) is 5.15. The van der Waals surface area contributed by atoms with E-state index in [4.69, 9.17) is 14.7 Å². The Hall–Kier alpha value is -3.52. The molecule has 0 bridgehead atoms. The van der Waals surface area contributed by atoms with Gasteiger partial charge in [0, 0.05) is 18.2 Å². The normalized spacial score (nSPS) is 14.0. The third-order valence-electron chi connectivity index (χ3n) is 5.15. The summed E-state index contributed by atoms with van der Waals surface area (Å²) in [5.74, 6) is -0.758. The molecule has 31 heavy (non-hydrogen) atoms. The van der Waals surface area contributed by atoms with Crippen LogP contribution in [0.1, 0.15) is 34.5 Å². The van der Waals surface area contributed by atoms with Crippen molar-refractivity contribution in [3.63, 3.8) is 0 Å². The zero-order chi connectivity index (χ0) is 21.8. The number of rotatable bonds is 8. The van der Waals surface area contributed by atoms with Crippen LogP contribution in [-0.4, -0.2) is 46.5 Å². The van der Waals surface area contributed by atoms with E-state index in [9.17, 15) is 14.3 Å². The Morgan fingerprint density at radius 3 is 2.61 bits per heavy atom. The largest absolute Gasteiger partial charge is 0.487 e. The molecule has 7 nitrogen and oxygen atoms in total. The molecule has 0 saturated carbocycles. The smallest absolute Gasteiger partial charge is 0.335 e. The molecule has 1 aliphatic heterocycles. The van der Waals surface area contributed by atoms with E-state index in [2.05, 4.69) is 10.1 Å². The highest BCUT2D eigenvalue weighted by Gasteiger charge is 2.16. The molecule has 1 saturated heterocycles. The molecule has 0 spiro atoms. The lowest BCUT2D eigenvalue weighted by Crippen LogP contribution is -2.19. The summed E-state index contributed by atoms with van der Waals surface area (Å²) in [7, 11) is 0. The first-order valence-electron chi connectivity index (χ1n) is 10.0. The summed E-state index contributed by atoms with van der Waals surface area (Å²) in [5, 5.41) is 21.6. The van der Waals surface area contributed by atoms with Crippen molar-refractivity contribution < 1.29 is 23.6 Å². The Bertz CT molecular complexity index is 1090. The van der Waals surface area contributed by atoms with Crippen LogP contribution in [0.25, 0.3) is 11.3 Å².